The molecule has 4 heteroatoms. The van der Waals surface area contributed by atoms with Crippen LogP contribution in [-0.4, -0.2) is 12.0 Å². The number of halogens is 3. The van der Waals surface area contributed by atoms with E-state index in [1.807, 2.05) is 6.92 Å². The van der Waals surface area contributed by atoms with Crippen LogP contribution >= 0.6 is 0 Å². The van der Waals surface area contributed by atoms with Gasteiger partial charge in [-0.1, -0.05) is 26.7 Å². The molecule has 1 rings (SSSR count). The minimum atomic E-state index is -4.34. The Morgan fingerprint density at radius 2 is 1.93 bits per heavy atom. The fourth-order valence-corrected chi connectivity index (χ4v) is 1.91. The summed E-state index contributed by atoms with van der Waals surface area (Å²) in [6.45, 7) is 3.58. The third-order valence-corrected chi connectivity index (χ3v) is 3.20. The number of ketones is 1. The molecule has 88 valence electrons. The smallest absolute Gasteiger partial charge is 0.298 e. The van der Waals surface area contributed by atoms with E-state index >= 15 is 0 Å². The molecule has 15 heavy (non-hydrogen) atoms. The van der Waals surface area contributed by atoms with Crippen molar-refractivity contribution >= 4 is 5.78 Å². The Balaban J connectivity index is 2.61. The highest BCUT2D eigenvalue weighted by Crippen LogP contribution is 2.59. The minimum Gasteiger partial charge on any atom is -0.298 e. The lowest BCUT2D eigenvalue weighted by Gasteiger charge is -2.21. The van der Waals surface area contributed by atoms with Crippen LogP contribution in [0.15, 0.2) is 0 Å². The monoisotopic (exact) mass is 222 g/mol. The Labute approximate surface area is 88.0 Å². The van der Waals surface area contributed by atoms with E-state index in [0.29, 0.717) is 6.42 Å². The van der Waals surface area contributed by atoms with E-state index in [4.69, 9.17) is 0 Å². The molecule has 0 saturated heterocycles. The molecule has 0 aromatic rings. The molecule has 0 aliphatic heterocycles. The van der Waals surface area contributed by atoms with E-state index in [2.05, 4.69) is 0 Å². The van der Waals surface area contributed by atoms with Crippen molar-refractivity contribution in [1.82, 2.24) is 0 Å². The highest BCUT2D eigenvalue weighted by molar-refractivity contribution is 5.90. The maximum absolute atomic E-state index is 12.6. The van der Waals surface area contributed by atoms with Crippen LogP contribution in [0.2, 0.25) is 0 Å². The fourth-order valence-electron chi connectivity index (χ4n) is 1.91. The lowest BCUT2D eigenvalue weighted by Crippen LogP contribution is -2.36. The van der Waals surface area contributed by atoms with Gasteiger partial charge in [0.1, 0.15) is 5.41 Å². The Hall–Kier alpha value is -0.540. The summed E-state index contributed by atoms with van der Waals surface area (Å²) >= 11 is 0. The largest absolute Gasteiger partial charge is 0.401 e. The first-order valence-corrected chi connectivity index (χ1v) is 5.46. The summed E-state index contributed by atoms with van der Waals surface area (Å²) < 4.78 is 37.8. The van der Waals surface area contributed by atoms with Crippen molar-refractivity contribution in [1.29, 1.82) is 0 Å². The lowest BCUT2D eigenvalue weighted by molar-refractivity contribution is -0.193. The number of unbranched alkanes of at least 4 members (excludes halogenated alkanes) is 1. The molecule has 0 heterocycles. The maximum atomic E-state index is 12.6. The van der Waals surface area contributed by atoms with Crippen LogP contribution in [0.4, 0.5) is 13.2 Å². The molecular weight excluding hydrogens is 205 g/mol. The van der Waals surface area contributed by atoms with Gasteiger partial charge in [0.15, 0.2) is 5.78 Å². The average Bonchev–Trinajstić information content (AvgIpc) is 2.92. The van der Waals surface area contributed by atoms with Crippen molar-refractivity contribution in [3.8, 4) is 0 Å². The molecular formula is C11H17F3O. The second kappa shape index (κ2) is 4.14. The highest BCUT2D eigenvalue weighted by atomic mass is 19.4. The summed E-state index contributed by atoms with van der Waals surface area (Å²) in [5.41, 5.74) is -1.97. The summed E-state index contributed by atoms with van der Waals surface area (Å²) in [6.07, 6.45) is -2.05. The number of rotatable bonds is 5. The zero-order chi connectivity index (χ0) is 11.7. The van der Waals surface area contributed by atoms with E-state index in [1.54, 1.807) is 6.92 Å². The van der Waals surface area contributed by atoms with Crippen LogP contribution in [0.1, 0.15) is 46.0 Å². The van der Waals surface area contributed by atoms with Gasteiger partial charge in [-0.3, -0.25) is 4.79 Å². The molecule has 0 aromatic carbocycles. The SMILES string of the molecule is CCCCC(C)C(=O)C1(C(F)(F)F)CC1. The maximum Gasteiger partial charge on any atom is 0.401 e. The third-order valence-electron chi connectivity index (χ3n) is 3.20. The Bertz CT molecular complexity index is 241. The number of carbonyl (C=O) groups excluding carboxylic acids is 1. The number of hydrogen-bond acceptors (Lipinski definition) is 1. The van der Waals surface area contributed by atoms with E-state index in [0.717, 1.165) is 12.8 Å². The van der Waals surface area contributed by atoms with E-state index < -0.39 is 23.3 Å². The lowest BCUT2D eigenvalue weighted by atomic mass is 9.87. The molecule has 0 radical (unpaired) electrons. The summed E-state index contributed by atoms with van der Waals surface area (Å²) in [5.74, 6) is -1.04. The van der Waals surface area contributed by atoms with Gasteiger partial charge in [-0.2, -0.15) is 13.2 Å². The topological polar surface area (TPSA) is 17.1 Å². The first-order chi connectivity index (χ1) is 6.85. The zero-order valence-electron chi connectivity index (χ0n) is 9.16. The van der Waals surface area contributed by atoms with Crippen molar-refractivity contribution < 1.29 is 18.0 Å². The van der Waals surface area contributed by atoms with E-state index in [9.17, 15) is 18.0 Å². The quantitative estimate of drug-likeness (QED) is 0.692. The second-order valence-corrected chi connectivity index (χ2v) is 4.49. The normalized spacial score (nSPS) is 21.1. The second-order valence-electron chi connectivity index (χ2n) is 4.49. The van der Waals surface area contributed by atoms with Crippen molar-refractivity contribution in [3.05, 3.63) is 0 Å². The Morgan fingerprint density at radius 1 is 1.40 bits per heavy atom. The molecule has 0 aromatic heterocycles. The van der Waals surface area contributed by atoms with Gasteiger partial charge in [-0.05, 0) is 19.3 Å². The van der Waals surface area contributed by atoms with Crippen LogP contribution < -0.4 is 0 Å². The van der Waals surface area contributed by atoms with Gasteiger partial charge in [0.2, 0.25) is 0 Å². The standard InChI is InChI=1S/C11H17F3O/c1-3-4-5-8(2)9(15)10(6-7-10)11(12,13)14/h8H,3-7H2,1-2H3. The molecule has 1 nitrogen and oxygen atoms in total. The number of carbonyl (C=O) groups is 1. The summed E-state index contributed by atoms with van der Waals surface area (Å²) in [4.78, 5) is 11.7. The molecule has 1 atom stereocenters. The third kappa shape index (κ3) is 2.34. The molecule has 0 spiro atoms. The first-order valence-electron chi connectivity index (χ1n) is 5.46. The van der Waals surface area contributed by atoms with Crippen LogP contribution in [0, 0.1) is 11.3 Å². The molecule has 0 bridgehead atoms. The minimum absolute atomic E-state index is 0.00814. The van der Waals surface area contributed by atoms with Gasteiger partial charge in [0, 0.05) is 5.92 Å². The van der Waals surface area contributed by atoms with Gasteiger partial charge in [0.25, 0.3) is 0 Å². The zero-order valence-corrected chi connectivity index (χ0v) is 9.16. The van der Waals surface area contributed by atoms with Gasteiger partial charge in [-0.25, -0.2) is 0 Å². The van der Waals surface area contributed by atoms with Crippen molar-refractivity contribution in [3.63, 3.8) is 0 Å². The number of alkyl halides is 3. The van der Waals surface area contributed by atoms with Crippen molar-refractivity contribution in [2.75, 3.05) is 0 Å². The molecule has 1 unspecified atom stereocenters. The molecule has 0 N–H and O–H groups in total. The van der Waals surface area contributed by atoms with Gasteiger partial charge in [0.05, 0.1) is 0 Å². The van der Waals surface area contributed by atoms with Crippen LogP contribution in [0.5, 0.6) is 0 Å². The Morgan fingerprint density at radius 3 is 2.27 bits per heavy atom. The van der Waals surface area contributed by atoms with E-state index in [-0.39, 0.29) is 12.8 Å². The highest BCUT2D eigenvalue weighted by Gasteiger charge is 2.68. The fraction of sp³-hybridized carbons (Fsp3) is 0.909. The predicted molar refractivity (Wildman–Crippen MR) is 51.4 cm³/mol. The van der Waals surface area contributed by atoms with Crippen LogP contribution in [0.3, 0.4) is 0 Å². The molecule has 1 saturated carbocycles. The molecule has 1 fully saturated rings. The summed E-state index contributed by atoms with van der Waals surface area (Å²) in [5, 5.41) is 0. The molecule has 0 amide bonds. The Kier molecular flexibility index (Phi) is 3.46. The van der Waals surface area contributed by atoms with Gasteiger partial charge in [-0.15, -0.1) is 0 Å². The summed E-state index contributed by atoms with van der Waals surface area (Å²) in [7, 11) is 0. The first kappa shape index (κ1) is 12.5. The van der Waals surface area contributed by atoms with Gasteiger partial charge < -0.3 is 0 Å². The van der Waals surface area contributed by atoms with Gasteiger partial charge >= 0.3 is 6.18 Å². The number of Topliss-reactive ketones (excluding diaryl/α,β-unsaturated/α-hetero) is 1. The molecule has 1 aliphatic carbocycles. The predicted octanol–water partition coefficient (Wildman–Crippen LogP) is 3.72. The van der Waals surface area contributed by atoms with E-state index in [1.165, 1.54) is 0 Å². The van der Waals surface area contributed by atoms with Crippen LogP contribution in [-0.2, 0) is 4.79 Å². The number of hydrogen-bond donors (Lipinski definition) is 0. The molecule has 1 aliphatic rings. The summed E-state index contributed by atoms with van der Waals surface area (Å²) in [6, 6.07) is 0. The van der Waals surface area contributed by atoms with Crippen LogP contribution in [0.25, 0.3) is 0 Å². The van der Waals surface area contributed by atoms with Crippen molar-refractivity contribution in [2.24, 2.45) is 11.3 Å². The van der Waals surface area contributed by atoms with Crippen molar-refractivity contribution in [2.45, 2.75) is 52.1 Å². The average molecular weight is 222 g/mol.